The summed E-state index contributed by atoms with van der Waals surface area (Å²) in [7, 11) is 0. The van der Waals surface area contributed by atoms with Crippen molar-refractivity contribution in [3.05, 3.63) is 23.2 Å². The van der Waals surface area contributed by atoms with Gasteiger partial charge in [0, 0.05) is 24.6 Å². The highest BCUT2D eigenvalue weighted by Crippen LogP contribution is 2.36. The van der Waals surface area contributed by atoms with Gasteiger partial charge >= 0.3 is 0 Å². The second-order valence-corrected chi connectivity index (χ2v) is 6.97. The predicted molar refractivity (Wildman–Crippen MR) is 80.3 cm³/mol. The standard InChI is InChI=1S/C14H19BrN4/c1-14(2)5-3-10(4-6-14)17-12-13-16-7-8-19(13)9-11(15)18-12/h7-10H,3-6H2,1-2H3,(H,17,18). The molecule has 1 fully saturated rings. The molecule has 1 N–H and O–H groups in total. The van der Waals surface area contributed by atoms with Crippen LogP contribution in [0.1, 0.15) is 39.5 Å². The summed E-state index contributed by atoms with van der Waals surface area (Å²) in [5.74, 6) is 0.879. The molecular weight excluding hydrogens is 304 g/mol. The maximum absolute atomic E-state index is 4.53. The van der Waals surface area contributed by atoms with Gasteiger partial charge in [0.05, 0.1) is 0 Å². The Morgan fingerprint density at radius 3 is 2.84 bits per heavy atom. The molecule has 5 heteroatoms. The van der Waals surface area contributed by atoms with Gasteiger partial charge in [0.2, 0.25) is 0 Å². The number of nitrogens with one attached hydrogen (secondary N) is 1. The van der Waals surface area contributed by atoms with Crippen molar-refractivity contribution in [2.75, 3.05) is 5.32 Å². The van der Waals surface area contributed by atoms with Gasteiger partial charge in [-0.1, -0.05) is 13.8 Å². The zero-order valence-corrected chi connectivity index (χ0v) is 12.9. The van der Waals surface area contributed by atoms with Gasteiger partial charge < -0.3 is 9.72 Å². The van der Waals surface area contributed by atoms with Gasteiger partial charge in [0.1, 0.15) is 4.60 Å². The minimum Gasteiger partial charge on any atom is -0.364 e. The molecule has 1 aliphatic rings. The van der Waals surface area contributed by atoms with Crippen molar-refractivity contribution >= 4 is 27.4 Å². The Morgan fingerprint density at radius 2 is 2.11 bits per heavy atom. The number of hydrogen-bond donors (Lipinski definition) is 1. The molecule has 2 aromatic heterocycles. The Balaban J connectivity index is 1.80. The van der Waals surface area contributed by atoms with Gasteiger partial charge in [0.25, 0.3) is 0 Å². The lowest BCUT2D eigenvalue weighted by Gasteiger charge is -2.34. The zero-order valence-electron chi connectivity index (χ0n) is 11.4. The first-order chi connectivity index (χ1) is 9.03. The Labute approximate surface area is 121 Å². The minimum atomic E-state index is 0.492. The van der Waals surface area contributed by atoms with E-state index in [0.29, 0.717) is 11.5 Å². The fraction of sp³-hybridized carbons (Fsp3) is 0.571. The van der Waals surface area contributed by atoms with Crippen molar-refractivity contribution in [2.45, 2.75) is 45.6 Å². The number of imidazole rings is 1. The molecule has 0 spiro atoms. The molecule has 0 aliphatic heterocycles. The summed E-state index contributed by atoms with van der Waals surface area (Å²) in [6.07, 6.45) is 10.6. The molecule has 3 rings (SSSR count). The van der Waals surface area contributed by atoms with Crippen LogP contribution < -0.4 is 5.32 Å². The molecule has 1 saturated carbocycles. The Bertz CT molecular complexity index is 580. The third-order valence-electron chi connectivity index (χ3n) is 4.02. The van der Waals surface area contributed by atoms with E-state index in [2.05, 4.69) is 45.1 Å². The van der Waals surface area contributed by atoms with E-state index in [-0.39, 0.29) is 0 Å². The molecule has 0 saturated heterocycles. The number of fused-ring (bicyclic) bond motifs is 1. The van der Waals surface area contributed by atoms with Crippen LogP contribution in [0.2, 0.25) is 0 Å². The molecule has 102 valence electrons. The van der Waals surface area contributed by atoms with E-state index in [1.54, 1.807) is 6.20 Å². The Morgan fingerprint density at radius 1 is 1.37 bits per heavy atom. The van der Waals surface area contributed by atoms with E-state index < -0.39 is 0 Å². The topological polar surface area (TPSA) is 42.2 Å². The first-order valence-corrected chi connectivity index (χ1v) is 7.59. The van der Waals surface area contributed by atoms with Crippen molar-refractivity contribution in [1.82, 2.24) is 14.4 Å². The summed E-state index contributed by atoms with van der Waals surface area (Å²) in [5, 5.41) is 3.56. The van der Waals surface area contributed by atoms with Crippen LogP contribution in [0.5, 0.6) is 0 Å². The zero-order chi connectivity index (χ0) is 13.5. The van der Waals surface area contributed by atoms with Gasteiger partial charge in [-0.15, -0.1) is 0 Å². The third kappa shape index (κ3) is 2.76. The van der Waals surface area contributed by atoms with E-state index in [9.17, 15) is 0 Å². The summed E-state index contributed by atoms with van der Waals surface area (Å²) in [6, 6.07) is 0.510. The number of aromatic nitrogens is 3. The molecule has 0 amide bonds. The molecule has 4 nitrogen and oxygen atoms in total. The lowest BCUT2D eigenvalue weighted by molar-refractivity contribution is 0.232. The van der Waals surface area contributed by atoms with Gasteiger partial charge in [-0.2, -0.15) is 0 Å². The first-order valence-electron chi connectivity index (χ1n) is 6.79. The van der Waals surface area contributed by atoms with Crippen LogP contribution in [0.25, 0.3) is 5.65 Å². The fourth-order valence-electron chi connectivity index (χ4n) is 2.73. The Kier molecular flexibility index (Phi) is 3.25. The van der Waals surface area contributed by atoms with E-state index in [0.717, 1.165) is 16.1 Å². The van der Waals surface area contributed by atoms with Crippen molar-refractivity contribution in [2.24, 2.45) is 5.41 Å². The van der Waals surface area contributed by atoms with Crippen molar-refractivity contribution < 1.29 is 0 Å². The van der Waals surface area contributed by atoms with E-state index in [4.69, 9.17) is 0 Å². The summed E-state index contributed by atoms with van der Waals surface area (Å²) >= 11 is 3.45. The van der Waals surface area contributed by atoms with E-state index in [1.807, 2.05) is 16.8 Å². The highest BCUT2D eigenvalue weighted by atomic mass is 79.9. The molecule has 19 heavy (non-hydrogen) atoms. The number of halogens is 1. The summed E-state index contributed by atoms with van der Waals surface area (Å²) in [6.45, 7) is 4.71. The van der Waals surface area contributed by atoms with Crippen LogP contribution in [0, 0.1) is 5.41 Å². The van der Waals surface area contributed by atoms with Crippen LogP contribution in [-0.2, 0) is 0 Å². The lowest BCUT2D eigenvalue weighted by atomic mass is 9.75. The maximum atomic E-state index is 4.53. The largest absolute Gasteiger partial charge is 0.364 e. The second kappa shape index (κ2) is 4.78. The predicted octanol–water partition coefficient (Wildman–Crippen LogP) is 3.87. The lowest BCUT2D eigenvalue weighted by Crippen LogP contribution is -2.30. The number of rotatable bonds is 2. The second-order valence-electron chi connectivity index (χ2n) is 6.15. The average Bonchev–Trinajstić information content (AvgIpc) is 2.80. The van der Waals surface area contributed by atoms with Crippen LogP contribution in [0.15, 0.2) is 23.2 Å². The van der Waals surface area contributed by atoms with E-state index >= 15 is 0 Å². The summed E-state index contributed by atoms with van der Waals surface area (Å²) < 4.78 is 2.82. The molecular formula is C14H19BrN4. The highest BCUT2D eigenvalue weighted by Gasteiger charge is 2.27. The number of anilines is 1. The average molecular weight is 323 g/mol. The molecule has 2 aromatic rings. The number of hydrogen-bond acceptors (Lipinski definition) is 3. The summed E-state index contributed by atoms with van der Waals surface area (Å²) in [4.78, 5) is 8.90. The highest BCUT2D eigenvalue weighted by molar-refractivity contribution is 9.10. The monoisotopic (exact) mass is 322 g/mol. The molecule has 0 bridgehead atoms. The van der Waals surface area contributed by atoms with Crippen LogP contribution in [0.4, 0.5) is 5.82 Å². The van der Waals surface area contributed by atoms with Crippen LogP contribution >= 0.6 is 15.9 Å². The van der Waals surface area contributed by atoms with Crippen LogP contribution in [-0.4, -0.2) is 20.4 Å². The quantitative estimate of drug-likeness (QED) is 0.912. The number of nitrogens with zero attached hydrogens (tertiary/aromatic N) is 3. The van der Waals surface area contributed by atoms with Gasteiger partial charge in [-0.25, -0.2) is 9.97 Å². The maximum Gasteiger partial charge on any atom is 0.180 e. The minimum absolute atomic E-state index is 0.492. The van der Waals surface area contributed by atoms with Gasteiger partial charge in [0.15, 0.2) is 11.5 Å². The van der Waals surface area contributed by atoms with E-state index in [1.165, 1.54) is 25.7 Å². The van der Waals surface area contributed by atoms with Gasteiger partial charge in [-0.05, 0) is 47.0 Å². The Hall–Kier alpha value is -1.10. The third-order valence-corrected chi connectivity index (χ3v) is 4.41. The SMILES string of the molecule is CC1(C)CCC(Nc2nc(Br)cn3ccnc23)CC1. The van der Waals surface area contributed by atoms with Gasteiger partial charge in [-0.3, -0.25) is 0 Å². The molecule has 1 aliphatic carbocycles. The molecule has 0 atom stereocenters. The molecule has 0 radical (unpaired) electrons. The normalized spacial score (nSPS) is 19.7. The smallest absolute Gasteiger partial charge is 0.180 e. The fourth-order valence-corrected chi connectivity index (χ4v) is 3.13. The molecule has 0 unspecified atom stereocenters. The van der Waals surface area contributed by atoms with Crippen molar-refractivity contribution in [3.8, 4) is 0 Å². The summed E-state index contributed by atoms with van der Waals surface area (Å²) in [5.41, 5.74) is 1.39. The van der Waals surface area contributed by atoms with Crippen molar-refractivity contribution in [1.29, 1.82) is 0 Å². The van der Waals surface area contributed by atoms with Crippen LogP contribution in [0.3, 0.4) is 0 Å². The first kappa shape index (κ1) is 12.9. The van der Waals surface area contributed by atoms with Crippen molar-refractivity contribution in [3.63, 3.8) is 0 Å². The molecule has 0 aromatic carbocycles. The molecule has 2 heterocycles.